The second kappa shape index (κ2) is 6.24. The van der Waals surface area contributed by atoms with Crippen molar-refractivity contribution in [1.82, 2.24) is 14.9 Å². The van der Waals surface area contributed by atoms with Crippen LogP contribution >= 0.6 is 0 Å². The topological polar surface area (TPSA) is 72.1 Å². The average molecular weight is 258 g/mol. The van der Waals surface area contributed by atoms with Crippen molar-refractivity contribution in [2.75, 3.05) is 19.6 Å². The van der Waals surface area contributed by atoms with Crippen molar-refractivity contribution in [3.63, 3.8) is 0 Å². The summed E-state index contributed by atoms with van der Waals surface area (Å²) in [5.74, 6) is -0.000136. The number of hydrogen-bond acceptors (Lipinski definition) is 4. The maximum Gasteiger partial charge on any atom is 0.253 e. The smallest absolute Gasteiger partial charge is 0.253 e. The van der Waals surface area contributed by atoms with Gasteiger partial charge in [-0.05, 0) is 24.6 Å². The van der Waals surface area contributed by atoms with Crippen LogP contribution in [0.25, 0.3) is 11.0 Å². The summed E-state index contributed by atoms with van der Waals surface area (Å²) in [5.41, 5.74) is 7.71. The summed E-state index contributed by atoms with van der Waals surface area (Å²) in [6, 6.07) is 5.39. The first-order valence-corrected chi connectivity index (χ1v) is 6.46. The molecule has 5 nitrogen and oxygen atoms in total. The van der Waals surface area contributed by atoms with E-state index in [0.717, 1.165) is 17.5 Å². The first kappa shape index (κ1) is 13.4. The van der Waals surface area contributed by atoms with E-state index in [-0.39, 0.29) is 5.91 Å². The number of nitrogens with two attached hydrogens (primary N) is 1. The Morgan fingerprint density at radius 1 is 1.21 bits per heavy atom. The summed E-state index contributed by atoms with van der Waals surface area (Å²) < 4.78 is 0. The first-order valence-electron chi connectivity index (χ1n) is 6.46. The molecule has 0 saturated heterocycles. The molecule has 0 bridgehead atoms. The predicted molar refractivity (Wildman–Crippen MR) is 74.8 cm³/mol. The highest BCUT2D eigenvalue weighted by molar-refractivity contribution is 5.97. The highest BCUT2D eigenvalue weighted by atomic mass is 16.2. The maximum atomic E-state index is 12.4. The molecule has 2 rings (SSSR count). The van der Waals surface area contributed by atoms with E-state index in [1.165, 1.54) is 0 Å². The molecular formula is C14H18N4O. The van der Waals surface area contributed by atoms with Crippen molar-refractivity contribution in [3.05, 3.63) is 36.2 Å². The quantitative estimate of drug-likeness (QED) is 0.880. The maximum absolute atomic E-state index is 12.4. The van der Waals surface area contributed by atoms with Gasteiger partial charge in [0.2, 0.25) is 0 Å². The lowest BCUT2D eigenvalue weighted by Crippen LogP contribution is -2.35. The van der Waals surface area contributed by atoms with Crippen LogP contribution in [0.5, 0.6) is 0 Å². The van der Waals surface area contributed by atoms with Gasteiger partial charge < -0.3 is 10.6 Å². The third kappa shape index (κ3) is 3.06. The van der Waals surface area contributed by atoms with Gasteiger partial charge in [0.1, 0.15) is 0 Å². The Balaban J connectivity index is 2.29. The molecule has 0 spiro atoms. The van der Waals surface area contributed by atoms with Crippen LogP contribution in [-0.4, -0.2) is 40.4 Å². The number of amides is 1. The van der Waals surface area contributed by atoms with Crippen LogP contribution in [0.1, 0.15) is 23.7 Å². The van der Waals surface area contributed by atoms with Gasteiger partial charge in [-0.2, -0.15) is 0 Å². The minimum Gasteiger partial charge on any atom is -0.337 e. The Morgan fingerprint density at radius 2 is 1.95 bits per heavy atom. The second-order valence-electron chi connectivity index (χ2n) is 4.34. The van der Waals surface area contributed by atoms with E-state index in [0.29, 0.717) is 25.2 Å². The Morgan fingerprint density at radius 3 is 2.63 bits per heavy atom. The number of hydrogen-bond donors (Lipinski definition) is 1. The van der Waals surface area contributed by atoms with Gasteiger partial charge in [0.05, 0.1) is 11.0 Å². The number of aromatic nitrogens is 2. The number of carbonyl (C=O) groups excluding carboxylic acids is 1. The normalized spacial score (nSPS) is 10.6. The summed E-state index contributed by atoms with van der Waals surface area (Å²) in [5, 5.41) is 0. The molecule has 0 fully saturated rings. The van der Waals surface area contributed by atoms with Crippen LogP contribution in [0.15, 0.2) is 30.6 Å². The molecule has 2 aromatic rings. The predicted octanol–water partition coefficient (Wildman–Crippen LogP) is 1.44. The lowest BCUT2D eigenvalue weighted by molar-refractivity contribution is 0.0760. The third-order valence-electron chi connectivity index (χ3n) is 2.90. The van der Waals surface area contributed by atoms with Crippen LogP contribution in [0.4, 0.5) is 0 Å². The molecule has 0 aliphatic rings. The first-order chi connectivity index (χ1) is 9.26. The monoisotopic (exact) mass is 258 g/mol. The molecule has 0 saturated carbocycles. The number of nitrogens with zero attached hydrogens (tertiary/aromatic N) is 3. The molecule has 100 valence electrons. The molecule has 0 unspecified atom stereocenters. The van der Waals surface area contributed by atoms with E-state index in [4.69, 9.17) is 5.73 Å². The zero-order valence-corrected chi connectivity index (χ0v) is 11.0. The lowest BCUT2D eigenvalue weighted by atomic mass is 10.1. The second-order valence-corrected chi connectivity index (χ2v) is 4.34. The molecule has 0 atom stereocenters. The van der Waals surface area contributed by atoms with Crippen molar-refractivity contribution < 1.29 is 4.79 Å². The van der Waals surface area contributed by atoms with Gasteiger partial charge in [-0.1, -0.05) is 6.92 Å². The average Bonchev–Trinajstić information content (AvgIpc) is 2.46. The van der Waals surface area contributed by atoms with Crippen molar-refractivity contribution in [2.24, 2.45) is 5.73 Å². The number of fused-ring (bicyclic) bond motifs is 1. The van der Waals surface area contributed by atoms with Crippen molar-refractivity contribution in [2.45, 2.75) is 13.3 Å². The standard InChI is InChI=1S/C14H18N4O/c1-2-8-18(9-5-15)14(19)11-3-4-12-13(10-11)17-7-6-16-12/h3-4,6-7,10H,2,5,8-9,15H2,1H3. The molecule has 0 aliphatic carbocycles. The van der Waals surface area contributed by atoms with E-state index in [2.05, 4.69) is 9.97 Å². The molecule has 1 aromatic heterocycles. The van der Waals surface area contributed by atoms with E-state index < -0.39 is 0 Å². The van der Waals surface area contributed by atoms with Gasteiger partial charge in [0, 0.05) is 37.6 Å². The fourth-order valence-electron chi connectivity index (χ4n) is 2.02. The summed E-state index contributed by atoms with van der Waals surface area (Å²) in [7, 11) is 0. The third-order valence-corrected chi connectivity index (χ3v) is 2.90. The fraction of sp³-hybridized carbons (Fsp3) is 0.357. The molecule has 5 heteroatoms. The summed E-state index contributed by atoms with van der Waals surface area (Å²) in [6.45, 7) is 3.81. The number of benzene rings is 1. The van der Waals surface area contributed by atoms with Gasteiger partial charge in [-0.3, -0.25) is 14.8 Å². The minimum atomic E-state index is -0.000136. The Kier molecular flexibility index (Phi) is 4.41. The Labute approximate surface area is 112 Å². The SMILES string of the molecule is CCCN(CCN)C(=O)c1ccc2nccnc2c1. The summed E-state index contributed by atoms with van der Waals surface area (Å²) in [6.07, 6.45) is 4.18. The highest BCUT2D eigenvalue weighted by Crippen LogP contribution is 2.13. The van der Waals surface area contributed by atoms with Crippen LogP contribution in [-0.2, 0) is 0 Å². The molecular weight excluding hydrogens is 240 g/mol. The molecule has 19 heavy (non-hydrogen) atoms. The van der Waals surface area contributed by atoms with Crippen molar-refractivity contribution >= 4 is 16.9 Å². The molecule has 1 aromatic carbocycles. The van der Waals surface area contributed by atoms with Gasteiger partial charge >= 0.3 is 0 Å². The van der Waals surface area contributed by atoms with Gasteiger partial charge in [-0.15, -0.1) is 0 Å². The van der Waals surface area contributed by atoms with Gasteiger partial charge in [-0.25, -0.2) is 0 Å². The van der Waals surface area contributed by atoms with Crippen LogP contribution in [0.2, 0.25) is 0 Å². The number of rotatable bonds is 5. The summed E-state index contributed by atoms with van der Waals surface area (Å²) in [4.78, 5) is 22.6. The van der Waals surface area contributed by atoms with Crippen molar-refractivity contribution in [1.29, 1.82) is 0 Å². The molecule has 1 amide bonds. The van der Waals surface area contributed by atoms with Crippen molar-refractivity contribution in [3.8, 4) is 0 Å². The van der Waals surface area contributed by atoms with Gasteiger partial charge in [0.15, 0.2) is 0 Å². The fourth-order valence-corrected chi connectivity index (χ4v) is 2.02. The highest BCUT2D eigenvalue weighted by Gasteiger charge is 2.14. The van der Waals surface area contributed by atoms with Crippen LogP contribution in [0.3, 0.4) is 0 Å². The van der Waals surface area contributed by atoms with E-state index in [1.807, 2.05) is 13.0 Å². The Bertz CT molecular complexity index is 564. The number of carbonyl (C=O) groups is 1. The summed E-state index contributed by atoms with van der Waals surface area (Å²) >= 11 is 0. The van der Waals surface area contributed by atoms with E-state index >= 15 is 0 Å². The zero-order chi connectivity index (χ0) is 13.7. The van der Waals surface area contributed by atoms with Crippen LogP contribution in [0, 0.1) is 0 Å². The zero-order valence-electron chi connectivity index (χ0n) is 11.0. The lowest BCUT2D eigenvalue weighted by Gasteiger charge is -2.21. The largest absolute Gasteiger partial charge is 0.337 e. The molecule has 0 aliphatic heterocycles. The van der Waals surface area contributed by atoms with E-state index in [9.17, 15) is 4.79 Å². The van der Waals surface area contributed by atoms with E-state index in [1.54, 1.807) is 29.4 Å². The molecule has 1 heterocycles. The molecule has 0 radical (unpaired) electrons. The van der Waals surface area contributed by atoms with Crippen LogP contribution < -0.4 is 5.73 Å². The minimum absolute atomic E-state index is 0.000136. The van der Waals surface area contributed by atoms with Gasteiger partial charge in [0.25, 0.3) is 5.91 Å². The molecule has 2 N–H and O–H groups in total. The Hall–Kier alpha value is -2.01.